The Kier molecular flexibility index (Phi) is 5.39. The molecule has 0 aliphatic rings. The third-order valence-electron chi connectivity index (χ3n) is 3.22. The lowest BCUT2D eigenvalue weighted by Gasteiger charge is -2.18. The van der Waals surface area contributed by atoms with E-state index in [0.29, 0.717) is 18.7 Å². The molecule has 4 heteroatoms. The van der Waals surface area contributed by atoms with Crippen LogP contribution in [-0.4, -0.2) is 31.0 Å². The molecule has 1 amide bonds. The van der Waals surface area contributed by atoms with Crippen LogP contribution in [0, 0.1) is 6.92 Å². The molecule has 0 unspecified atom stereocenters. The second-order valence-corrected chi connectivity index (χ2v) is 5.76. The highest BCUT2D eigenvalue weighted by Crippen LogP contribution is 2.16. The largest absolute Gasteiger partial charge is 0.491 e. The maximum Gasteiger partial charge on any atom is 0.253 e. The summed E-state index contributed by atoms with van der Waals surface area (Å²) in [7, 11) is 1.78. The predicted molar refractivity (Wildman–Crippen MR) is 87.8 cm³/mol. The quantitative estimate of drug-likeness (QED) is 0.820. The van der Waals surface area contributed by atoms with E-state index in [1.807, 2.05) is 55.5 Å². The molecule has 0 aliphatic heterocycles. The molecule has 0 bridgehead atoms. The van der Waals surface area contributed by atoms with Gasteiger partial charge in [0.05, 0.1) is 6.54 Å². The molecular formula is C17H18BrNO2. The number of likely N-dealkylation sites (N-methyl/N-ethyl adjacent to an activating group) is 1. The van der Waals surface area contributed by atoms with Gasteiger partial charge in [-0.2, -0.15) is 0 Å². The van der Waals surface area contributed by atoms with E-state index in [-0.39, 0.29) is 5.91 Å². The Morgan fingerprint density at radius 2 is 1.81 bits per heavy atom. The van der Waals surface area contributed by atoms with Crippen molar-refractivity contribution < 1.29 is 9.53 Å². The zero-order chi connectivity index (χ0) is 15.2. The summed E-state index contributed by atoms with van der Waals surface area (Å²) >= 11 is 3.36. The molecule has 110 valence electrons. The Balaban J connectivity index is 1.87. The van der Waals surface area contributed by atoms with Gasteiger partial charge in [0.1, 0.15) is 12.4 Å². The lowest BCUT2D eigenvalue weighted by Crippen LogP contribution is -2.30. The van der Waals surface area contributed by atoms with Gasteiger partial charge in [-0.3, -0.25) is 4.79 Å². The molecule has 2 rings (SSSR count). The van der Waals surface area contributed by atoms with Gasteiger partial charge < -0.3 is 9.64 Å². The normalized spacial score (nSPS) is 10.2. The average molecular weight is 348 g/mol. The zero-order valence-corrected chi connectivity index (χ0v) is 13.8. The number of halogens is 1. The smallest absolute Gasteiger partial charge is 0.253 e. The minimum absolute atomic E-state index is 0.00381. The van der Waals surface area contributed by atoms with Crippen molar-refractivity contribution in [1.82, 2.24) is 4.90 Å². The number of ether oxygens (including phenoxy) is 1. The van der Waals surface area contributed by atoms with Crippen LogP contribution in [0.3, 0.4) is 0 Å². The van der Waals surface area contributed by atoms with Crippen molar-refractivity contribution in [2.24, 2.45) is 0 Å². The van der Waals surface area contributed by atoms with Gasteiger partial charge in [0.25, 0.3) is 5.91 Å². The fourth-order valence-corrected chi connectivity index (χ4v) is 2.19. The van der Waals surface area contributed by atoms with E-state index in [2.05, 4.69) is 15.9 Å². The Hall–Kier alpha value is -1.81. The van der Waals surface area contributed by atoms with Crippen molar-refractivity contribution in [3.05, 3.63) is 64.1 Å². The fourth-order valence-electron chi connectivity index (χ4n) is 1.93. The minimum atomic E-state index is -0.00381. The lowest BCUT2D eigenvalue weighted by molar-refractivity contribution is 0.0773. The maximum absolute atomic E-state index is 12.2. The van der Waals surface area contributed by atoms with Crippen LogP contribution in [0.25, 0.3) is 0 Å². The first-order chi connectivity index (χ1) is 10.1. The topological polar surface area (TPSA) is 29.5 Å². The van der Waals surface area contributed by atoms with Gasteiger partial charge in [0, 0.05) is 17.1 Å². The maximum atomic E-state index is 12.2. The molecule has 2 aromatic carbocycles. The predicted octanol–water partition coefficient (Wildman–Crippen LogP) is 3.91. The van der Waals surface area contributed by atoms with Gasteiger partial charge in [-0.05, 0) is 42.8 Å². The number of carbonyl (C=O) groups is 1. The molecule has 0 spiro atoms. The standard InChI is InChI=1S/C17H18BrNO2/c1-13-5-3-4-6-16(13)21-12-11-19(2)17(20)14-7-9-15(18)10-8-14/h3-10H,11-12H2,1-2H3. The number of hydrogen-bond donors (Lipinski definition) is 0. The van der Waals surface area contributed by atoms with Crippen molar-refractivity contribution in [2.75, 3.05) is 20.2 Å². The Bertz CT molecular complexity index is 610. The van der Waals surface area contributed by atoms with Crippen LogP contribution in [-0.2, 0) is 0 Å². The molecule has 0 heterocycles. The molecule has 0 fully saturated rings. The Morgan fingerprint density at radius 1 is 1.14 bits per heavy atom. The molecule has 2 aromatic rings. The van der Waals surface area contributed by atoms with Crippen molar-refractivity contribution in [3.8, 4) is 5.75 Å². The molecule has 3 nitrogen and oxygen atoms in total. The van der Waals surface area contributed by atoms with E-state index in [9.17, 15) is 4.79 Å². The summed E-state index contributed by atoms with van der Waals surface area (Å²) in [6.07, 6.45) is 0. The van der Waals surface area contributed by atoms with Crippen molar-refractivity contribution >= 4 is 21.8 Å². The van der Waals surface area contributed by atoms with E-state index in [1.54, 1.807) is 11.9 Å². The number of benzene rings is 2. The number of para-hydroxylation sites is 1. The summed E-state index contributed by atoms with van der Waals surface area (Å²) in [5.74, 6) is 0.859. The first kappa shape index (κ1) is 15.6. The van der Waals surface area contributed by atoms with Crippen LogP contribution >= 0.6 is 15.9 Å². The Morgan fingerprint density at radius 3 is 2.48 bits per heavy atom. The first-order valence-corrected chi connectivity index (χ1v) is 7.56. The van der Waals surface area contributed by atoms with Crippen LogP contribution in [0.15, 0.2) is 53.0 Å². The van der Waals surface area contributed by atoms with Gasteiger partial charge in [0.2, 0.25) is 0 Å². The van der Waals surface area contributed by atoms with Crippen molar-refractivity contribution in [2.45, 2.75) is 6.92 Å². The number of aryl methyl sites for hydroxylation is 1. The van der Waals surface area contributed by atoms with Crippen LogP contribution < -0.4 is 4.74 Å². The summed E-state index contributed by atoms with van der Waals surface area (Å²) in [5.41, 5.74) is 1.77. The molecule has 0 radical (unpaired) electrons. The van der Waals surface area contributed by atoms with Gasteiger partial charge in [-0.1, -0.05) is 34.1 Å². The highest BCUT2D eigenvalue weighted by molar-refractivity contribution is 9.10. The number of carbonyl (C=O) groups excluding carboxylic acids is 1. The zero-order valence-electron chi connectivity index (χ0n) is 12.2. The van der Waals surface area contributed by atoms with Crippen LogP contribution in [0.4, 0.5) is 0 Å². The van der Waals surface area contributed by atoms with E-state index >= 15 is 0 Å². The van der Waals surface area contributed by atoms with Crippen molar-refractivity contribution in [3.63, 3.8) is 0 Å². The van der Waals surface area contributed by atoms with E-state index in [0.717, 1.165) is 15.8 Å². The Labute approximate surface area is 133 Å². The molecule has 0 saturated carbocycles. The summed E-state index contributed by atoms with van der Waals surface area (Å²) < 4.78 is 6.67. The second kappa shape index (κ2) is 7.27. The van der Waals surface area contributed by atoms with Crippen LogP contribution in [0.2, 0.25) is 0 Å². The van der Waals surface area contributed by atoms with E-state index < -0.39 is 0 Å². The number of amides is 1. The van der Waals surface area contributed by atoms with Gasteiger partial charge in [-0.25, -0.2) is 0 Å². The third-order valence-corrected chi connectivity index (χ3v) is 3.74. The minimum Gasteiger partial charge on any atom is -0.491 e. The molecule has 0 saturated heterocycles. The average Bonchev–Trinajstić information content (AvgIpc) is 2.49. The third kappa shape index (κ3) is 4.33. The van der Waals surface area contributed by atoms with Crippen molar-refractivity contribution in [1.29, 1.82) is 0 Å². The second-order valence-electron chi connectivity index (χ2n) is 4.85. The van der Waals surface area contributed by atoms with E-state index in [4.69, 9.17) is 4.74 Å². The highest BCUT2D eigenvalue weighted by Gasteiger charge is 2.11. The van der Waals surface area contributed by atoms with Gasteiger partial charge in [-0.15, -0.1) is 0 Å². The molecule has 0 atom stereocenters. The van der Waals surface area contributed by atoms with E-state index in [1.165, 1.54) is 0 Å². The lowest BCUT2D eigenvalue weighted by atomic mass is 10.2. The highest BCUT2D eigenvalue weighted by atomic mass is 79.9. The van der Waals surface area contributed by atoms with Crippen LogP contribution in [0.5, 0.6) is 5.75 Å². The SMILES string of the molecule is Cc1ccccc1OCCN(C)C(=O)c1ccc(Br)cc1. The first-order valence-electron chi connectivity index (χ1n) is 6.77. The number of rotatable bonds is 5. The summed E-state index contributed by atoms with van der Waals surface area (Å²) in [4.78, 5) is 13.9. The van der Waals surface area contributed by atoms with Gasteiger partial charge in [0.15, 0.2) is 0 Å². The summed E-state index contributed by atoms with van der Waals surface area (Å²) in [6, 6.07) is 15.2. The van der Waals surface area contributed by atoms with Crippen LogP contribution in [0.1, 0.15) is 15.9 Å². The fraction of sp³-hybridized carbons (Fsp3) is 0.235. The molecular weight excluding hydrogens is 330 g/mol. The molecule has 0 N–H and O–H groups in total. The molecule has 0 aromatic heterocycles. The summed E-state index contributed by atoms with van der Waals surface area (Å²) in [5, 5.41) is 0. The molecule has 21 heavy (non-hydrogen) atoms. The van der Waals surface area contributed by atoms with Gasteiger partial charge >= 0.3 is 0 Å². The monoisotopic (exact) mass is 347 g/mol. The number of nitrogens with zero attached hydrogens (tertiary/aromatic N) is 1. The molecule has 0 aliphatic carbocycles. The summed E-state index contributed by atoms with van der Waals surface area (Å²) in [6.45, 7) is 3.03. The number of hydrogen-bond acceptors (Lipinski definition) is 2.